The van der Waals surface area contributed by atoms with Crippen molar-refractivity contribution in [3.05, 3.63) is 70.8 Å². The normalized spacial score (nSPS) is 11.6. The van der Waals surface area contributed by atoms with E-state index in [1.165, 1.54) is 23.2 Å². The van der Waals surface area contributed by atoms with Crippen LogP contribution in [0.5, 0.6) is 0 Å². The molecule has 10 heteroatoms. The number of carbonyl (C=O) groups is 1. The van der Waals surface area contributed by atoms with E-state index in [0.717, 1.165) is 23.5 Å². The summed E-state index contributed by atoms with van der Waals surface area (Å²) in [6, 6.07) is 4.62. The standard InChI is InChI=1S/C18H17F4N5O/c1-11-5-13(26(2)25-11)7-23-17(28)16-9-27(10-24-16)8-12-3-4-15(19)14(6-12)18(20,21)22/h3-6,9-10H,7-8H2,1-2H3,(H,23,28). The van der Waals surface area contributed by atoms with E-state index in [1.54, 1.807) is 11.7 Å². The first kappa shape index (κ1) is 19.6. The third kappa shape index (κ3) is 4.38. The van der Waals surface area contributed by atoms with Gasteiger partial charge < -0.3 is 9.88 Å². The molecule has 0 spiro atoms. The van der Waals surface area contributed by atoms with Gasteiger partial charge in [-0.2, -0.15) is 18.3 Å². The van der Waals surface area contributed by atoms with Crippen LogP contribution in [0.15, 0.2) is 36.8 Å². The molecule has 0 saturated heterocycles. The molecule has 3 rings (SSSR count). The molecule has 0 aliphatic rings. The van der Waals surface area contributed by atoms with Crippen LogP contribution in [0.1, 0.15) is 33.0 Å². The molecule has 3 aromatic rings. The molecule has 0 unspecified atom stereocenters. The number of aromatic nitrogens is 4. The first-order valence-corrected chi connectivity index (χ1v) is 8.28. The molecule has 1 amide bonds. The molecular formula is C18H17F4N5O. The molecule has 0 saturated carbocycles. The van der Waals surface area contributed by atoms with E-state index in [2.05, 4.69) is 15.4 Å². The minimum atomic E-state index is -4.77. The Morgan fingerprint density at radius 1 is 1.25 bits per heavy atom. The molecule has 28 heavy (non-hydrogen) atoms. The Morgan fingerprint density at radius 2 is 2.00 bits per heavy atom. The van der Waals surface area contributed by atoms with Crippen molar-refractivity contribution in [3.63, 3.8) is 0 Å². The highest BCUT2D eigenvalue weighted by atomic mass is 19.4. The molecule has 6 nitrogen and oxygen atoms in total. The second kappa shape index (κ2) is 7.45. The summed E-state index contributed by atoms with van der Waals surface area (Å²) in [6.45, 7) is 2.12. The number of halogens is 4. The highest BCUT2D eigenvalue weighted by Gasteiger charge is 2.34. The van der Waals surface area contributed by atoms with Gasteiger partial charge in [-0.25, -0.2) is 9.37 Å². The second-order valence-electron chi connectivity index (χ2n) is 6.33. The lowest BCUT2D eigenvalue weighted by Gasteiger charge is -2.10. The smallest absolute Gasteiger partial charge is 0.345 e. The van der Waals surface area contributed by atoms with Crippen LogP contribution in [0.25, 0.3) is 0 Å². The maximum atomic E-state index is 13.4. The van der Waals surface area contributed by atoms with Crippen LogP contribution in [0, 0.1) is 12.7 Å². The van der Waals surface area contributed by atoms with E-state index in [9.17, 15) is 22.4 Å². The zero-order valence-electron chi connectivity index (χ0n) is 15.1. The third-order valence-corrected chi connectivity index (χ3v) is 4.10. The third-order valence-electron chi connectivity index (χ3n) is 4.10. The van der Waals surface area contributed by atoms with Crippen LogP contribution in [0.4, 0.5) is 17.6 Å². The van der Waals surface area contributed by atoms with Crippen LogP contribution in [-0.4, -0.2) is 25.2 Å². The molecule has 1 aromatic carbocycles. The van der Waals surface area contributed by atoms with E-state index in [1.807, 2.05) is 13.0 Å². The highest BCUT2D eigenvalue weighted by Crippen LogP contribution is 2.32. The maximum Gasteiger partial charge on any atom is 0.419 e. The molecule has 0 atom stereocenters. The minimum Gasteiger partial charge on any atom is -0.345 e. The number of imidazole rings is 1. The highest BCUT2D eigenvalue weighted by molar-refractivity contribution is 5.91. The van der Waals surface area contributed by atoms with Crippen molar-refractivity contribution in [1.29, 1.82) is 0 Å². The zero-order chi connectivity index (χ0) is 20.5. The number of nitrogens with one attached hydrogen (secondary N) is 1. The van der Waals surface area contributed by atoms with Crippen LogP contribution < -0.4 is 5.32 Å². The molecule has 0 aliphatic heterocycles. The van der Waals surface area contributed by atoms with E-state index in [-0.39, 0.29) is 24.3 Å². The topological polar surface area (TPSA) is 64.7 Å². The molecule has 2 aromatic heterocycles. The van der Waals surface area contributed by atoms with E-state index in [4.69, 9.17) is 0 Å². The number of hydrogen-bond donors (Lipinski definition) is 1. The fraction of sp³-hybridized carbons (Fsp3) is 0.278. The van der Waals surface area contributed by atoms with Gasteiger partial charge >= 0.3 is 6.18 Å². The van der Waals surface area contributed by atoms with Crippen molar-refractivity contribution in [2.75, 3.05) is 0 Å². The van der Waals surface area contributed by atoms with E-state index in [0.29, 0.717) is 0 Å². The number of hydrogen-bond acceptors (Lipinski definition) is 3. The quantitative estimate of drug-likeness (QED) is 0.676. The van der Waals surface area contributed by atoms with Crippen molar-refractivity contribution >= 4 is 5.91 Å². The number of carbonyl (C=O) groups excluding carboxylic acids is 1. The number of aryl methyl sites for hydroxylation is 2. The Morgan fingerprint density at radius 3 is 2.64 bits per heavy atom. The minimum absolute atomic E-state index is 0.0184. The Bertz CT molecular complexity index is 1010. The van der Waals surface area contributed by atoms with Crippen molar-refractivity contribution in [3.8, 4) is 0 Å². The summed E-state index contributed by atoms with van der Waals surface area (Å²) in [7, 11) is 1.76. The van der Waals surface area contributed by atoms with E-state index >= 15 is 0 Å². The van der Waals surface area contributed by atoms with Gasteiger partial charge in [-0.05, 0) is 30.7 Å². The lowest BCUT2D eigenvalue weighted by molar-refractivity contribution is -0.140. The molecule has 0 fully saturated rings. The Labute approximate surface area is 157 Å². The maximum absolute atomic E-state index is 13.4. The summed E-state index contributed by atoms with van der Waals surface area (Å²) < 4.78 is 54.9. The lowest BCUT2D eigenvalue weighted by Crippen LogP contribution is -2.24. The van der Waals surface area contributed by atoms with Gasteiger partial charge in [-0.15, -0.1) is 0 Å². The van der Waals surface area contributed by atoms with Gasteiger partial charge in [0.15, 0.2) is 0 Å². The summed E-state index contributed by atoms with van der Waals surface area (Å²) >= 11 is 0. The van der Waals surface area contributed by atoms with Crippen LogP contribution in [0.3, 0.4) is 0 Å². The first-order valence-electron chi connectivity index (χ1n) is 8.28. The Hall–Kier alpha value is -3.17. The molecule has 1 N–H and O–H groups in total. The zero-order valence-corrected chi connectivity index (χ0v) is 15.1. The molecule has 0 bridgehead atoms. The summed E-state index contributed by atoms with van der Waals surface area (Å²) in [4.78, 5) is 16.2. The van der Waals surface area contributed by atoms with E-state index < -0.39 is 23.5 Å². The summed E-state index contributed by atoms with van der Waals surface area (Å²) in [5.74, 6) is -1.75. The van der Waals surface area contributed by atoms with Crippen LogP contribution in [-0.2, 0) is 26.3 Å². The van der Waals surface area contributed by atoms with Crippen molar-refractivity contribution in [1.82, 2.24) is 24.6 Å². The summed E-state index contributed by atoms with van der Waals surface area (Å²) in [6.07, 6.45) is -2.02. The fourth-order valence-corrected chi connectivity index (χ4v) is 2.75. The number of amides is 1. The average molecular weight is 395 g/mol. The first-order chi connectivity index (χ1) is 13.1. The number of alkyl halides is 3. The SMILES string of the molecule is Cc1cc(CNC(=O)c2cn(Cc3ccc(F)c(C(F)(F)F)c3)cn2)n(C)n1. The number of nitrogens with zero attached hydrogens (tertiary/aromatic N) is 4. The summed E-state index contributed by atoms with van der Waals surface area (Å²) in [5.41, 5.74) is 0.680. The molecule has 0 aliphatic carbocycles. The van der Waals surface area contributed by atoms with Crippen molar-refractivity contribution < 1.29 is 22.4 Å². The number of benzene rings is 1. The van der Waals surface area contributed by atoms with Crippen molar-refractivity contribution in [2.24, 2.45) is 7.05 Å². The fourth-order valence-electron chi connectivity index (χ4n) is 2.75. The Balaban J connectivity index is 1.67. The molecule has 0 radical (unpaired) electrons. The van der Waals surface area contributed by atoms with Crippen LogP contribution in [0.2, 0.25) is 0 Å². The van der Waals surface area contributed by atoms with Gasteiger partial charge in [0.1, 0.15) is 11.5 Å². The predicted octanol–water partition coefficient (Wildman–Crippen LogP) is 3.06. The predicted molar refractivity (Wildman–Crippen MR) is 91.8 cm³/mol. The monoisotopic (exact) mass is 395 g/mol. The molecule has 2 heterocycles. The average Bonchev–Trinajstić information content (AvgIpc) is 3.19. The molecule has 148 valence electrons. The van der Waals surface area contributed by atoms with Gasteiger partial charge in [0.2, 0.25) is 0 Å². The number of rotatable bonds is 5. The largest absolute Gasteiger partial charge is 0.419 e. The van der Waals surface area contributed by atoms with Crippen LogP contribution >= 0.6 is 0 Å². The summed E-state index contributed by atoms with van der Waals surface area (Å²) in [5, 5.41) is 6.89. The van der Waals surface area contributed by atoms with Gasteiger partial charge in [0.25, 0.3) is 5.91 Å². The van der Waals surface area contributed by atoms with Gasteiger partial charge in [-0.1, -0.05) is 6.07 Å². The molecular weight excluding hydrogens is 378 g/mol. The second-order valence-corrected chi connectivity index (χ2v) is 6.33. The van der Waals surface area contributed by atoms with Gasteiger partial charge in [-0.3, -0.25) is 9.48 Å². The van der Waals surface area contributed by atoms with Crippen molar-refractivity contribution in [2.45, 2.75) is 26.2 Å². The van der Waals surface area contributed by atoms with Gasteiger partial charge in [0.05, 0.1) is 29.8 Å². The Kier molecular flexibility index (Phi) is 5.21. The van der Waals surface area contributed by atoms with Gasteiger partial charge in [0, 0.05) is 19.8 Å². The lowest BCUT2D eigenvalue weighted by atomic mass is 10.1.